The number of benzene rings is 1. The van der Waals surface area contributed by atoms with Gasteiger partial charge in [-0.2, -0.15) is 5.10 Å². The average molecular weight is 203 g/mol. The van der Waals surface area contributed by atoms with Gasteiger partial charge in [-0.15, -0.1) is 0 Å². The van der Waals surface area contributed by atoms with Crippen molar-refractivity contribution in [2.24, 2.45) is 7.05 Å². The minimum absolute atomic E-state index is 0.638. The summed E-state index contributed by atoms with van der Waals surface area (Å²) in [6.07, 6.45) is 3.46. The maximum atomic E-state index is 5.82. The fraction of sp³-hybridized carbons (Fsp3) is 0.182. The quantitative estimate of drug-likeness (QED) is 0.760. The van der Waals surface area contributed by atoms with E-state index in [0.29, 0.717) is 17.2 Å². The first-order valence-corrected chi connectivity index (χ1v) is 4.68. The number of nitrogens with zero attached hydrogens (tertiary/aromatic N) is 2. The van der Waals surface area contributed by atoms with Gasteiger partial charge in [0, 0.05) is 7.05 Å². The van der Waals surface area contributed by atoms with Crippen LogP contribution in [0.5, 0.6) is 11.5 Å². The topological polar surface area (TPSA) is 53.1 Å². The number of aryl methyl sites for hydroxylation is 2. The lowest BCUT2D eigenvalue weighted by Gasteiger charge is -2.08. The van der Waals surface area contributed by atoms with Gasteiger partial charge >= 0.3 is 0 Å². The van der Waals surface area contributed by atoms with Crippen molar-refractivity contribution in [2.45, 2.75) is 6.92 Å². The summed E-state index contributed by atoms with van der Waals surface area (Å²) in [5.41, 5.74) is 7.47. The zero-order valence-electron chi connectivity index (χ0n) is 8.77. The van der Waals surface area contributed by atoms with Crippen LogP contribution in [0.1, 0.15) is 5.56 Å². The SMILES string of the molecule is Cc1cccc(N)c1Oc1cnn(C)c1. The van der Waals surface area contributed by atoms with Crippen molar-refractivity contribution in [1.82, 2.24) is 9.78 Å². The van der Waals surface area contributed by atoms with Crippen molar-refractivity contribution in [1.29, 1.82) is 0 Å². The van der Waals surface area contributed by atoms with Gasteiger partial charge in [0.1, 0.15) is 0 Å². The van der Waals surface area contributed by atoms with Crippen LogP contribution in [0, 0.1) is 6.92 Å². The molecule has 1 heterocycles. The van der Waals surface area contributed by atoms with Crippen LogP contribution in [0.25, 0.3) is 0 Å². The van der Waals surface area contributed by atoms with Crippen molar-refractivity contribution in [3.8, 4) is 11.5 Å². The molecule has 15 heavy (non-hydrogen) atoms. The number of ether oxygens (including phenoxy) is 1. The summed E-state index contributed by atoms with van der Waals surface area (Å²) in [6, 6.07) is 5.68. The van der Waals surface area contributed by atoms with Crippen LogP contribution in [0.15, 0.2) is 30.6 Å². The lowest BCUT2D eigenvalue weighted by Crippen LogP contribution is -1.93. The lowest BCUT2D eigenvalue weighted by molar-refractivity contribution is 0.480. The van der Waals surface area contributed by atoms with Gasteiger partial charge in [-0.05, 0) is 18.6 Å². The first-order valence-electron chi connectivity index (χ1n) is 4.68. The van der Waals surface area contributed by atoms with E-state index in [9.17, 15) is 0 Å². The molecule has 0 saturated carbocycles. The van der Waals surface area contributed by atoms with Crippen LogP contribution in [0.2, 0.25) is 0 Å². The van der Waals surface area contributed by atoms with Gasteiger partial charge in [0.25, 0.3) is 0 Å². The number of anilines is 1. The minimum atomic E-state index is 0.638. The Kier molecular flexibility index (Phi) is 2.33. The van der Waals surface area contributed by atoms with E-state index in [1.165, 1.54) is 0 Å². The Balaban J connectivity index is 2.31. The van der Waals surface area contributed by atoms with E-state index < -0.39 is 0 Å². The van der Waals surface area contributed by atoms with E-state index in [-0.39, 0.29) is 0 Å². The van der Waals surface area contributed by atoms with Gasteiger partial charge in [-0.3, -0.25) is 4.68 Å². The van der Waals surface area contributed by atoms with Gasteiger partial charge in [0.15, 0.2) is 11.5 Å². The molecule has 0 spiro atoms. The van der Waals surface area contributed by atoms with Crippen molar-refractivity contribution in [2.75, 3.05) is 5.73 Å². The summed E-state index contributed by atoms with van der Waals surface area (Å²) in [5.74, 6) is 1.39. The molecule has 0 aliphatic rings. The van der Waals surface area contributed by atoms with E-state index in [0.717, 1.165) is 5.56 Å². The first-order chi connectivity index (χ1) is 7.16. The molecule has 2 aromatic rings. The second-order valence-corrected chi connectivity index (χ2v) is 3.45. The Morgan fingerprint density at radius 2 is 2.20 bits per heavy atom. The molecule has 4 nitrogen and oxygen atoms in total. The van der Waals surface area contributed by atoms with Gasteiger partial charge in [0.05, 0.1) is 18.1 Å². The predicted molar refractivity (Wildman–Crippen MR) is 58.9 cm³/mol. The van der Waals surface area contributed by atoms with Crippen molar-refractivity contribution in [3.05, 3.63) is 36.2 Å². The van der Waals surface area contributed by atoms with Gasteiger partial charge in [0.2, 0.25) is 0 Å². The van der Waals surface area contributed by atoms with E-state index in [1.54, 1.807) is 17.1 Å². The number of rotatable bonds is 2. The fourth-order valence-electron chi connectivity index (χ4n) is 1.38. The Morgan fingerprint density at radius 3 is 2.80 bits per heavy atom. The highest BCUT2D eigenvalue weighted by atomic mass is 16.5. The summed E-state index contributed by atoms with van der Waals surface area (Å²) in [5, 5.41) is 4.02. The zero-order valence-corrected chi connectivity index (χ0v) is 8.77. The summed E-state index contributed by atoms with van der Waals surface area (Å²) in [6.45, 7) is 1.96. The van der Waals surface area contributed by atoms with Crippen LogP contribution >= 0.6 is 0 Å². The molecule has 0 amide bonds. The van der Waals surface area contributed by atoms with Gasteiger partial charge in [-0.1, -0.05) is 12.1 Å². The molecule has 0 atom stereocenters. The van der Waals surface area contributed by atoms with Gasteiger partial charge < -0.3 is 10.5 Å². The Morgan fingerprint density at radius 1 is 1.40 bits per heavy atom. The second-order valence-electron chi connectivity index (χ2n) is 3.45. The lowest BCUT2D eigenvalue weighted by atomic mass is 10.2. The minimum Gasteiger partial charge on any atom is -0.452 e. The standard InChI is InChI=1S/C11H13N3O/c1-8-4-3-5-10(12)11(8)15-9-6-13-14(2)7-9/h3-7H,12H2,1-2H3. The maximum Gasteiger partial charge on any atom is 0.165 e. The number of hydrogen-bond acceptors (Lipinski definition) is 3. The van der Waals surface area contributed by atoms with Crippen LogP contribution in [-0.4, -0.2) is 9.78 Å². The number of nitrogens with two attached hydrogens (primary N) is 1. The van der Waals surface area contributed by atoms with Crippen LogP contribution < -0.4 is 10.5 Å². The summed E-state index contributed by atoms with van der Waals surface area (Å²) >= 11 is 0. The molecule has 78 valence electrons. The molecule has 0 fully saturated rings. The van der Waals surface area contributed by atoms with Crippen LogP contribution in [0.3, 0.4) is 0 Å². The van der Waals surface area contributed by atoms with Crippen LogP contribution in [0.4, 0.5) is 5.69 Å². The molecule has 0 radical (unpaired) electrons. The largest absolute Gasteiger partial charge is 0.452 e. The second kappa shape index (κ2) is 3.65. The maximum absolute atomic E-state index is 5.82. The summed E-state index contributed by atoms with van der Waals surface area (Å²) < 4.78 is 7.34. The molecule has 0 bridgehead atoms. The Labute approximate surface area is 88.3 Å². The van der Waals surface area contributed by atoms with E-state index in [4.69, 9.17) is 10.5 Å². The molecule has 0 aliphatic heterocycles. The predicted octanol–water partition coefficient (Wildman–Crippen LogP) is 2.10. The van der Waals surface area contributed by atoms with E-state index >= 15 is 0 Å². The fourth-order valence-corrected chi connectivity index (χ4v) is 1.38. The number of nitrogen functional groups attached to an aromatic ring is 1. The Bertz CT molecular complexity index is 456. The molecule has 2 rings (SSSR count). The average Bonchev–Trinajstić information content (AvgIpc) is 2.58. The highest BCUT2D eigenvalue weighted by Crippen LogP contribution is 2.30. The molecule has 2 N–H and O–H groups in total. The zero-order chi connectivity index (χ0) is 10.8. The van der Waals surface area contributed by atoms with Gasteiger partial charge in [-0.25, -0.2) is 0 Å². The van der Waals surface area contributed by atoms with E-state index in [2.05, 4.69) is 5.10 Å². The highest BCUT2D eigenvalue weighted by Gasteiger charge is 2.06. The third-order valence-corrected chi connectivity index (χ3v) is 2.14. The van der Waals surface area contributed by atoms with Crippen LogP contribution in [-0.2, 0) is 7.05 Å². The third-order valence-electron chi connectivity index (χ3n) is 2.14. The van der Waals surface area contributed by atoms with Crippen molar-refractivity contribution >= 4 is 5.69 Å². The molecular formula is C11H13N3O. The first kappa shape index (κ1) is 9.58. The summed E-state index contributed by atoms with van der Waals surface area (Å²) in [4.78, 5) is 0. The van der Waals surface area contributed by atoms with E-state index in [1.807, 2.05) is 32.2 Å². The third kappa shape index (κ3) is 1.93. The normalized spacial score (nSPS) is 10.3. The smallest absolute Gasteiger partial charge is 0.165 e. The molecular weight excluding hydrogens is 190 g/mol. The Hall–Kier alpha value is -1.97. The number of hydrogen-bond donors (Lipinski definition) is 1. The molecule has 0 unspecified atom stereocenters. The number of aromatic nitrogens is 2. The number of para-hydroxylation sites is 1. The van der Waals surface area contributed by atoms with Crippen molar-refractivity contribution in [3.63, 3.8) is 0 Å². The monoisotopic (exact) mass is 203 g/mol. The molecule has 0 aliphatic carbocycles. The highest BCUT2D eigenvalue weighted by molar-refractivity contribution is 5.57. The molecule has 0 saturated heterocycles. The summed E-state index contributed by atoms with van der Waals surface area (Å²) in [7, 11) is 1.84. The molecule has 1 aromatic carbocycles. The van der Waals surface area contributed by atoms with Crippen molar-refractivity contribution < 1.29 is 4.74 Å². The molecule has 1 aromatic heterocycles. The molecule has 4 heteroatoms.